The molecule has 0 aliphatic rings. The van der Waals surface area contributed by atoms with Crippen LogP contribution in [-0.2, 0) is 4.74 Å². The molecule has 1 atom stereocenters. The Morgan fingerprint density at radius 1 is 1.20 bits per heavy atom. The summed E-state index contributed by atoms with van der Waals surface area (Å²) < 4.78 is 5.22. The van der Waals surface area contributed by atoms with Gasteiger partial charge in [0.1, 0.15) is 0 Å². The SMILES string of the molecule is CCC(NC)c1ccc(N(CCOC)CC(C)C)cc1. The van der Waals surface area contributed by atoms with E-state index in [0.29, 0.717) is 12.0 Å². The molecule has 1 aromatic rings. The second kappa shape index (κ2) is 8.98. The average Bonchev–Trinajstić information content (AvgIpc) is 2.45. The Hall–Kier alpha value is -1.06. The van der Waals surface area contributed by atoms with E-state index >= 15 is 0 Å². The van der Waals surface area contributed by atoms with Crippen molar-refractivity contribution in [1.82, 2.24) is 5.32 Å². The second-order valence-electron chi connectivity index (χ2n) is 5.67. The molecule has 0 saturated carbocycles. The van der Waals surface area contributed by atoms with Gasteiger partial charge in [0.25, 0.3) is 0 Å². The lowest BCUT2D eigenvalue weighted by molar-refractivity contribution is 0.204. The van der Waals surface area contributed by atoms with Crippen LogP contribution >= 0.6 is 0 Å². The molecule has 0 heterocycles. The highest BCUT2D eigenvalue weighted by Crippen LogP contribution is 2.21. The summed E-state index contributed by atoms with van der Waals surface area (Å²) in [6.07, 6.45) is 1.11. The van der Waals surface area contributed by atoms with Crippen molar-refractivity contribution in [3.63, 3.8) is 0 Å². The Morgan fingerprint density at radius 3 is 2.30 bits per heavy atom. The molecule has 0 fully saturated rings. The third-order valence-corrected chi connectivity index (χ3v) is 3.57. The number of ether oxygens (including phenoxy) is 1. The molecule has 0 aliphatic carbocycles. The summed E-state index contributed by atoms with van der Waals surface area (Å²) in [6, 6.07) is 9.38. The van der Waals surface area contributed by atoms with Gasteiger partial charge in [-0.05, 0) is 37.1 Å². The first kappa shape index (κ1) is 17.0. The highest BCUT2D eigenvalue weighted by Gasteiger charge is 2.10. The Morgan fingerprint density at radius 2 is 1.85 bits per heavy atom. The van der Waals surface area contributed by atoms with Crippen molar-refractivity contribution < 1.29 is 4.74 Å². The summed E-state index contributed by atoms with van der Waals surface area (Å²) in [5.41, 5.74) is 2.64. The first-order valence-corrected chi connectivity index (χ1v) is 7.63. The number of hydrogen-bond acceptors (Lipinski definition) is 3. The third-order valence-electron chi connectivity index (χ3n) is 3.57. The first-order valence-electron chi connectivity index (χ1n) is 7.63. The Balaban J connectivity index is 2.80. The van der Waals surface area contributed by atoms with Gasteiger partial charge in [0.15, 0.2) is 0 Å². The summed E-state index contributed by atoms with van der Waals surface area (Å²) in [7, 11) is 3.78. The zero-order valence-electron chi connectivity index (χ0n) is 13.6. The van der Waals surface area contributed by atoms with E-state index in [1.807, 2.05) is 7.05 Å². The Labute approximate surface area is 124 Å². The lowest BCUT2D eigenvalue weighted by atomic mass is 10.0. The van der Waals surface area contributed by atoms with Crippen molar-refractivity contribution in [2.75, 3.05) is 38.8 Å². The van der Waals surface area contributed by atoms with Crippen LogP contribution in [0.5, 0.6) is 0 Å². The van der Waals surface area contributed by atoms with Crippen LogP contribution in [0, 0.1) is 5.92 Å². The van der Waals surface area contributed by atoms with Crippen LogP contribution in [0.15, 0.2) is 24.3 Å². The van der Waals surface area contributed by atoms with Crippen molar-refractivity contribution in [2.24, 2.45) is 5.92 Å². The molecule has 0 aliphatic heterocycles. The number of benzene rings is 1. The topological polar surface area (TPSA) is 24.5 Å². The van der Waals surface area contributed by atoms with Crippen molar-refractivity contribution in [3.8, 4) is 0 Å². The predicted molar refractivity (Wildman–Crippen MR) is 87.5 cm³/mol. The van der Waals surface area contributed by atoms with E-state index in [2.05, 4.69) is 55.3 Å². The summed E-state index contributed by atoms with van der Waals surface area (Å²) >= 11 is 0. The summed E-state index contributed by atoms with van der Waals surface area (Å²) in [6.45, 7) is 9.48. The van der Waals surface area contributed by atoms with E-state index in [9.17, 15) is 0 Å². The maximum Gasteiger partial charge on any atom is 0.0637 e. The van der Waals surface area contributed by atoms with E-state index in [-0.39, 0.29) is 0 Å². The highest BCUT2D eigenvalue weighted by atomic mass is 16.5. The van der Waals surface area contributed by atoms with Crippen LogP contribution < -0.4 is 10.2 Å². The summed E-state index contributed by atoms with van der Waals surface area (Å²) in [4.78, 5) is 2.40. The summed E-state index contributed by atoms with van der Waals surface area (Å²) in [5, 5.41) is 3.35. The van der Waals surface area contributed by atoms with Crippen molar-refractivity contribution >= 4 is 5.69 Å². The molecule has 0 spiro atoms. The van der Waals surface area contributed by atoms with Gasteiger partial charge in [-0.25, -0.2) is 0 Å². The molecule has 0 aromatic heterocycles. The molecular weight excluding hydrogens is 248 g/mol. The van der Waals surface area contributed by atoms with Gasteiger partial charge >= 0.3 is 0 Å². The zero-order chi connectivity index (χ0) is 15.0. The lowest BCUT2D eigenvalue weighted by Crippen LogP contribution is -2.31. The molecule has 0 radical (unpaired) electrons. The standard InChI is InChI=1S/C17H30N2O/c1-6-17(18-4)15-7-9-16(10-8-15)19(11-12-20-5)13-14(2)3/h7-10,14,17-18H,6,11-13H2,1-5H3. The van der Waals surface area contributed by atoms with Crippen LogP contribution in [0.25, 0.3) is 0 Å². The molecule has 0 amide bonds. The quantitative estimate of drug-likeness (QED) is 0.748. The first-order chi connectivity index (χ1) is 9.62. The van der Waals surface area contributed by atoms with Gasteiger partial charge in [-0.15, -0.1) is 0 Å². The Kier molecular flexibility index (Phi) is 7.63. The van der Waals surface area contributed by atoms with E-state index in [0.717, 1.165) is 26.1 Å². The maximum absolute atomic E-state index is 5.22. The van der Waals surface area contributed by atoms with Crippen molar-refractivity contribution in [1.29, 1.82) is 0 Å². The minimum Gasteiger partial charge on any atom is -0.383 e. The van der Waals surface area contributed by atoms with Gasteiger partial charge in [0.05, 0.1) is 6.61 Å². The van der Waals surface area contributed by atoms with Gasteiger partial charge in [-0.3, -0.25) is 0 Å². The van der Waals surface area contributed by atoms with E-state index in [4.69, 9.17) is 4.74 Å². The van der Waals surface area contributed by atoms with E-state index in [1.165, 1.54) is 11.3 Å². The van der Waals surface area contributed by atoms with Crippen LogP contribution in [0.1, 0.15) is 38.8 Å². The average molecular weight is 278 g/mol. The molecule has 3 nitrogen and oxygen atoms in total. The monoisotopic (exact) mass is 278 g/mol. The number of nitrogens with zero attached hydrogens (tertiary/aromatic N) is 1. The fourth-order valence-corrected chi connectivity index (χ4v) is 2.49. The second-order valence-corrected chi connectivity index (χ2v) is 5.67. The fourth-order valence-electron chi connectivity index (χ4n) is 2.49. The minimum atomic E-state index is 0.446. The van der Waals surface area contributed by atoms with Crippen molar-refractivity contribution in [3.05, 3.63) is 29.8 Å². The Bertz CT molecular complexity index is 358. The van der Waals surface area contributed by atoms with E-state index in [1.54, 1.807) is 7.11 Å². The van der Waals surface area contributed by atoms with Gasteiger partial charge < -0.3 is 15.0 Å². The molecule has 0 bridgehead atoms. The molecule has 0 saturated heterocycles. The molecule has 1 unspecified atom stereocenters. The van der Waals surface area contributed by atoms with Crippen LogP contribution in [0.3, 0.4) is 0 Å². The number of anilines is 1. The molecule has 1 rings (SSSR count). The smallest absolute Gasteiger partial charge is 0.0637 e. The van der Waals surface area contributed by atoms with Gasteiger partial charge in [-0.2, -0.15) is 0 Å². The van der Waals surface area contributed by atoms with Gasteiger partial charge in [0.2, 0.25) is 0 Å². The zero-order valence-corrected chi connectivity index (χ0v) is 13.6. The normalized spacial score (nSPS) is 12.7. The molecule has 3 heteroatoms. The number of hydrogen-bond donors (Lipinski definition) is 1. The van der Waals surface area contributed by atoms with Gasteiger partial charge in [0, 0.05) is 31.9 Å². The number of nitrogens with one attached hydrogen (secondary N) is 1. The lowest BCUT2D eigenvalue weighted by Gasteiger charge is -2.27. The fraction of sp³-hybridized carbons (Fsp3) is 0.647. The van der Waals surface area contributed by atoms with Gasteiger partial charge in [-0.1, -0.05) is 32.9 Å². The molecule has 1 N–H and O–H groups in total. The molecule has 1 aromatic carbocycles. The predicted octanol–water partition coefficient (Wildman–Crippen LogP) is 3.47. The molecule has 20 heavy (non-hydrogen) atoms. The molecule has 114 valence electrons. The maximum atomic E-state index is 5.22. The third kappa shape index (κ3) is 5.14. The minimum absolute atomic E-state index is 0.446. The largest absolute Gasteiger partial charge is 0.383 e. The number of methoxy groups -OCH3 is 1. The van der Waals surface area contributed by atoms with Crippen LogP contribution in [-0.4, -0.2) is 33.9 Å². The van der Waals surface area contributed by atoms with Crippen molar-refractivity contribution in [2.45, 2.75) is 33.2 Å². The van der Waals surface area contributed by atoms with E-state index < -0.39 is 0 Å². The highest BCUT2D eigenvalue weighted by molar-refractivity contribution is 5.48. The molecular formula is C17H30N2O. The summed E-state index contributed by atoms with van der Waals surface area (Å²) in [5.74, 6) is 0.646. The number of rotatable bonds is 9. The van der Waals surface area contributed by atoms with Crippen LogP contribution in [0.4, 0.5) is 5.69 Å². The van der Waals surface area contributed by atoms with Crippen LogP contribution in [0.2, 0.25) is 0 Å².